The fourth-order valence-corrected chi connectivity index (χ4v) is 2.36. The standard InChI is InChI=1S/C17H27NO3/c1-12(2)16(20)17(3,4)11-18-15(19)10-13-7-6-8-14(9-13)21-5/h6-9,12,16,20H,10-11H2,1-5H3,(H,18,19). The van der Waals surface area contributed by atoms with Gasteiger partial charge in [0.1, 0.15) is 5.75 Å². The summed E-state index contributed by atoms with van der Waals surface area (Å²) in [6, 6.07) is 7.47. The molecule has 1 rings (SSSR count). The number of carbonyl (C=O) groups excluding carboxylic acids is 1. The lowest BCUT2D eigenvalue weighted by molar-refractivity contribution is -0.121. The van der Waals surface area contributed by atoms with Crippen LogP contribution in [0.25, 0.3) is 0 Å². The van der Waals surface area contributed by atoms with Crippen LogP contribution in [0.4, 0.5) is 0 Å². The van der Waals surface area contributed by atoms with Crippen molar-refractivity contribution in [3.63, 3.8) is 0 Å². The van der Waals surface area contributed by atoms with E-state index in [1.165, 1.54) is 0 Å². The maximum absolute atomic E-state index is 12.0. The number of methoxy groups -OCH3 is 1. The summed E-state index contributed by atoms with van der Waals surface area (Å²) < 4.78 is 5.14. The first kappa shape index (κ1) is 17.5. The van der Waals surface area contributed by atoms with Crippen LogP contribution in [0.1, 0.15) is 33.3 Å². The number of aliphatic hydroxyl groups is 1. The van der Waals surface area contributed by atoms with Crippen LogP contribution in [-0.2, 0) is 11.2 Å². The van der Waals surface area contributed by atoms with Crippen LogP contribution in [0, 0.1) is 11.3 Å². The molecular weight excluding hydrogens is 266 g/mol. The van der Waals surface area contributed by atoms with Crippen molar-refractivity contribution in [1.82, 2.24) is 5.32 Å². The Balaban J connectivity index is 2.54. The van der Waals surface area contributed by atoms with Crippen molar-refractivity contribution in [3.05, 3.63) is 29.8 Å². The molecule has 21 heavy (non-hydrogen) atoms. The molecule has 0 aliphatic heterocycles. The Morgan fingerprint density at radius 3 is 2.62 bits per heavy atom. The Morgan fingerprint density at radius 1 is 1.38 bits per heavy atom. The highest BCUT2D eigenvalue weighted by molar-refractivity contribution is 5.78. The molecule has 1 aromatic carbocycles. The number of hydrogen-bond donors (Lipinski definition) is 2. The van der Waals surface area contributed by atoms with Gasteiger partial charge < -0.3 is 15.2 Å². The van der Waals surface area contributed by atoms with E-state index in [2.05, 4.69) is 5.32 Å². The van der Waals surface area contributed by atoms with E-state index in [1.54, 1.807) is 7.11 Å². The number of aliphatic hydroxyl groups excluding tert-OH is 1. The van der Waals surface area contributed by atoms with Gasteiger partial charge >= 0.3 is 0 Å². The lowest BCUT2D eigenvalue weighted by atomic mass is 9.80. The zero-order chi connectivity index (χ0) is 16.0. The van der Waals surface area contributed by atoms with Crippen LogP contribution >= 0.6 is 0 Å². The summed E-state index contributed by atoms with van der Waals surface area (Å²) in [5, 5.41) is 13.1. The van der Waals surface area contributed by atoms with E-state index in [1.807, 2.05) is 52.0 Å². The van der Waals surface area contributed by atoms with Gasteiger partial charge in [-0.05, 0) is 23.6 Å². The fraction of sp³-hybridized carbons (Fsp3) is 0.588. The van der Waals surface area contributed by atoms with Crippen LogP contribution in [-0.4, -0.2) is 30.8 Å². The molecule has 0 radical (unpaired) electrons. The molecule has 0 aliphatic rings. The fourth-order valence-electron chi connectivity index (χ4n) is 2.36. The van der Waals surface area contributed by atoms with E-state index in [4.69, 9.17) is 4.74 Å². The molecule has 0 heterocycles. The molecule has 0 saturated carbocycles. The minimum Gasteiger partial charge on any atom is -0.497 e. The summed E-state index contributed by atoms with van der Waals surface area (Å²) in [5.41, 5.74) is 0.562. The van der Waals surface area contributed by atoms with Gasteiger partial charge in [-0.25, -0.2) is 0 Å². The molecule has 0 aliphatic carbocycles. The molecule has 1 unspecified atom stereocenters. The van der Waals surface area contributed by atoms with Gasteiger partial charge in [0.05, 0.1) is 19.6 Å². The van der Waals surface area contributed by atoms with Crippen LogP contribution < -0.4 is 10.1 Å². The second-order valence-electron chi connectivity index (χ2n) is 6.48. The summed E-state index contributed by atoms with van der Waals surface area (Å²) in [5.74, 6) is 0.860. The minimum atomic E-state index is -0.449. The van der Waals surface area contributed by atoms with Crippen LogP contribution in [0.2, 0.25) is 0 Å². The van der Waals surface area contributed by atoms with E-state index in [9.17, 15) is 9.90 Å². The number of benzene rings is 1. The van der Waals surface area contributed by atoms with Crippen LogP contribution in [0.15, 0.2) is 24.3 Å². The number of amides is 1. The molecule has 0 fully saturated rings. The smallest absolute Gasteiger partial charge is 0.224 e. The molecule has 118 valence electrons. The number of rotatable bonds is 7. The Labute approximate surface area is 127 Å². The maximum atomic E-state index is 12.0. The molecule has 0 aromatic heterocycles. The van der Waals surface area contributed by atoms with Crippen molar-refractivity contribution in [2.75, 3.05) is 13.7 Å². The van der Waals surface area contributed by atoms with Crippen molar-refractivity contribution in [2.24, 2.45) is 11.3 Å². The van der Waals surface area contributed by atoms with Crippen molar-refractivity contribution in [1.29, 1.82) is 0 Å². The van der Waals surface area contributed by atoms with E-state index >= 15 is 0 Å². The number of ether oxygens (including phenoxy) is 1. The predicted molar refractivity (Wildman–Crippen MR) is 84.3 cm³/mol. The quantitative estimate of drug-likeness (QED) is 0.811. The average Bonchev–Trinajstić information content (AvgIpc) is 2.44. The number of hydrogen-bond acceptors (Lipinski definition) is 3. The summed E-state index contributed by atoms with van der Waals surface area (Å²) in [6.45, 7) is 8.33. The molecular formula is C17H27NO3. The second-order valence-corrected chi connectivity index (χ2v) is 6.48. The highest BCUT2D eigenvalue weighted by Crippen LogP contribution is 2.25. The topological polar surface area (TPSA) is 58.6 Å². The van der Waals surface area contributed by atoms with Gasteiger partial charge in [0, 0.05) is 12.0 Å². The number of nitrogens with one attached hydrogen (secondary N) is 1. The van der Waals surface area contributed by atoms with E-state index in [0.717, 1.165) is 11.3 Å². The van der Waals surface area contributed by atoms with Crippen molar-refractivity contribution in [3.8, 4) is 5.75 Å². The average molecular weight is 293 g/mol. The van der Waals surface area contributed by atoms with Gasteiger partial charge in [0.15, 0.2) is 0 Å². The van der Waals surface area contributed by atoms with Crippen LogP contribution in [0.5, 0.6) is 5.75 Å². The first-order chi connectivity index (χ1) is 9.76. The summed E-state index contributed by atoms with van der Waals surface area (Å²) in [7, 11) is 1.61. The molecule has 0 bridgehead atoms. The summed E-state index contributed by atoms with van der Waals surface area (Å²) in [6.07, 6.45) is -0.139. The van der Waals surface area contributed by atoms with Gasteiger partial charge in [0.2, 0.25) is 5.91 Å². The van der Waals surface area contributed by atoms with Gasteiger partial charge in [-0.1, -0.05) is 39.8 Å². The first-order valence-electron chi connectivity index (χ1n) is 7.34. The molecule has 1 amide bonds. The van der Waals surface area contributed by atoms with Gasteiger partial charge in [-0.2, -0.15) is 0 Å². The second kappa shape index (κ2) is 7.46. The highest BCUT2D eigenvalue weighted by Gasteiger charge is 2.30. The molecule has 1 atom stereocenters. The largest absolute Gasteiger partial charge is 0.497 e. The lowest BCUT2D eigenvalue weighted by Gasteiger charge is -2.33. The first-order valence-corrected chi connectivity index (χ1v) is 7.34. The van der Waals surface area contributed by atoms with Crippen molar-refractivity contribution >= 4 is 5.91 Å². The van der Waals surface area contributed by atoms with Gasteiger partial charge in [0.25, 0.3) is 0 Å². The third-order valence-corrected chi connectivity index (χ3v) is 3.67. The molecule has 0 spiro atoms. The zero-order valence-corrected chi connectivity index (χ0v) is 13.6. The Bertz CT molecular complexity index is 469. The van der Waals surface area contributed by atoms with Crippen molar-refractivity contribution < 1.29 is 14.6 Å². The summed E-state index contributed by atoms with van der Waals surface area (Å²) in [4.78, 5) is 12.0. The normalized spacial score (nSPS) is 13.1. The lowest BCUT2D eigenvalue weighted by Crippen LogP contribution is -2.43. The SMILES string of the molecule is COc1cccc(CC(=O)NCC(C)(C)C(O)C(C)C)c1. The van der Waals surface area contributed by atoms with Gasteiger partial charge in [-0.3, -0.25) is 4.79 Å². The monoisotopic (exact) mass is 293 g/mol. The molecule has 2 N–H and O–H groups in total. The highest BCUT2D eigenvalue weighted by atomic mass is 16.5. The maximum Gasteiger partial charge on any atom is 0.224 e. The van der Waals surface area contributed by atoms with Crippen LogP contribution in [0.3, 0.4) is 0 Å². The molecule has 4 heteroatoms. The minimum absolute atomic E-state index is 0.0488. The summed E-state index contributed by atoms with van der Waals surface area (Å²) >= 11 is 0. The van der Waals surface area contributed by atoms with E-state index < -0.39 is 6.10 Å². The van der Waals surface area contributed by atoms with Crippen molar-refractivity contribution in [2.45, 2.75) is 40.2 Å². The van der Waals surface area contributed by atoms with Gasteiger partial charge in [-0.15, -0.1) is 0 Å². The molecule has 1 aromatic rings. The molecule has 0 saturated heterocycles. The van der Waals surface area contributed by atoms with E-state index in [0.29, 0.717) is 13.0 Å². The third-order valence-electron chi connectivity index (χ3n) is 3.67. The predicted octanol–water partition coefficient (Wildman–Crippen LogP) is 2.40. The van der Waals surface area contributed by atoms with E-state index in [-0.39, 0.29) is 17.2 Å². The molecule has 4 nitrogen and oxygen atoms in total. The Kier molecular flexibility index (Phi) is 6.21. The zero-order valence-electron chi connectivity index (χ0n) is 13.6. The number of carbonyl (C=O) groups is 1. The Morgan fingerprint density at radius 2 is 2.05 bits per heavy atom. The third kappa shape index (κ3) is 5.38. The Hall–Kier alpha value is -1.55.